The molecule has 0 spiro atoms. The number of benzene rings is 2. The number of anilines is 1. The third kappa shape index (κ3) is 5.37. The lowest BCUT2D eigenvalue weighted by Gasteiger charge is -2.12. The number of aromatic nitrogens is 4. The van der Waals surface area contributed by atoms with Gasteiger partial charge < -0.3 is 15.2 Å². The second-order valence-corrected chi connectivity index (χ2v) is 8.63. The van der Waals surface area contributed by atoms with Crippen molar-refractivity contribution in [1.82, 2.24) is 25.2 Å². The summed E-state index contributed by atoms with van der Waals surface area (Å²) in [6.07, 6.45) is 3.05. The zero-order valence-corrected chi connectivity index (χ0v) is 20.6. The molecule has 2 amide bonds. The Balaban J connectivity index is 1.46. The lowest BCUT2D eigenvalue weighted by Crippen LogP contribution is -2.23. The molecule has 9 nitrogen and oxygen atoms in total. The van der Waals surface area contributed by atoms with Crippen molar-refractivity contribution in [2.75, 3.05) is 5.32 Å². The summed E-state index contributed by atoms with van der Waals surface area (Å²) in [5, 5.41) is 14.2. The molecule has 0 aliphatic rings. The SMILES string of the molecule is O=C(NCc1ccon1)c1cc(NC(=O)c2cc(-c3ccccn3)c(Cl)cc2Cl)n(-c2ccccc2)n1. The number of amides is 2. The van der Waals surface area contributed by atoms with E-state index in [4.69, 9.17) is 27.7 Å². The first kappa shape index (κ1) is 24.2. The molecular weight excluding hydrogens is 515 g/mol. The van der Waals surface area contributed by atoms with E-state index >= 15 is 0 Å². The van der Waals surface area contributed by atoms with Gasteiger partial charge in [-0.15, -0.1) is 0 Å². The zero-order chi connectivity index (χ0) is 25.8. The van der Waals surface area contributed by atoms with Crippen molar-refractivity contribution in [2.24, 2.45) is 0 Å². The van der Waals surface area contributed by atoms with E-state index in [1.54, 1.807) is 42.6 Å². The van der Waals surface area contributed by atoms with E-state index in [-0.39, 0.29) is 28.6 Å². The van der Waals surface area contributed by atoms with Gasteiger partial charge in [0, 0.05) is 23.9 Å². The van der Waals surface area contributed by atoms with E-state index in [0.29, 0.717) is 27.7 Å². The Labute approximate surface area is 221 Å². The maximum Gasteiger partial charge on any atom is 0.272 e. The predicted molar refractivity (Wildman–Crippen MR) is 139 cm³/mol. The van der Waals surface area contributed by atoms with Gasteiger partial charge in [0.25, 0.3) is 11.8 Å². The minimum absolute atomic E-state index is 0.0963. The van der Waals surface area contributed by atoms with Crippen molar-refractivity contribution in [3.63, 3.8) is 0 Å². The van der Waals surface area contributed by atoms with Crippen LogP contribution in [0, 0.1) is 0 Å². The molecule has 3 heterocycles. The van der Waals surface area contributed by atoms with Gasteiger partial charge in [-0.2, -0.15) is 5.10 Å². The first-order valence-corrected chi connectivity index (χ1v) is 11.8. The van der Waals surface area contributed by atoms with Crippen molar-refractivity contribution in [3.8, 4) is 16.9 Å². The first-order valence-electron chi connectivity index (χ1n) is 11.0. The van der Waals surface area contributed by atoms with Crippen LogP contribution < -0.4 is 10.6 Å². The monoisotopic (exact) mass is 532 g/mol. The van der Waals surface area contributed by atoms with E-state index in [9.17, 15) is 9.59 Å². The van der Waals surface area contributed by atoms with Crippen molar-refractivity contribution in [3.05, 3.63) is 112 Å². The Morgan fingerprint density at radius 2 is 1.73 bits per heavy atom. The average Bonchev–Trinajstić information content (AvgIpc) is 3.59. The molecule has 0 aliphatic carbocycles. The van der Waals surface area contributed by atoms with Gasteiger partial charge in [0.2, 0.25) is 0 Å². The van der Waals surface area contributed by atoms with Crippen molar-refractivity contribution >= 4 is 40.8 Å². The molecule has 0 radical (unpaired) electrons. The highest BCUT2D eigenvalue weighted by atomic mass is 35.5. The van der Waals surface area contributed by atoms with Crippen molar-refractivity contribution in [1.29, 1.82) is 0 Å². The van der Waals surface area contributed by atoms with Crippen molar-refractivity contribution in [2.45, 2.75) is 6.54 Å². The normalized spacial score (nSPS) is 10.8. The highest BCUT2D eigenvalue weighted by Crippen LogP contribution is 2.32. The molecule has 37 heavy (non-hydrogen) atoms. The number of halogens is 2. The number of hydrogen-bond donors (Lipinski definition) is 2. The van der Waals surface area contributed by atoms with Gasteiger partial charge in [-0.1, -0.05) is 52.6 Å². The number of para-hydroxylation sites is 1. The maximum atomic E-state index is 13.4. The third-order valence-corrected chi connectivity index (χ3v) is 5.97. The minimum Gasteiger partial charge on any atom is -0.364 e. The first-order chi connectivity index (χ1) is 18.0. The summed E-state index contributed by atoms with van der Waals surface area (Å²) in [6, 6.07) is 20.7. The predicted octanol–water partition coefficient (Wildman–Crippen LogP) is 5.41. The summed E-state index contributed by atoms with van der Waals surface area (Å²) in [7, 11) is 0. The second-order valence-electron chi connectivity index (χ2n) is 7.82. The molecule has 0 saturated heterocycles. The number of rotatable bonds is 7. The molecule has 2 aromatic carbocycles. The van der Waals surface area contributed by atoms with Crippen LogP contribution in [-0.4, -0.2) is 31.7 Å². The minimum atomic E-state index is -0.509. The fraction of sp³-hybridized carbons (Fsp3) is 0.0385. The molecule has 0 saturated carbocycles. The van der Waals surface area contributed by atoms with E-state index in [1.807, 2.05) is 24.3 Å². The number of hydrogen-bond acceptors (Lipinski definition) is 6. The van der Waals surface area contributed by atoms with Crippen LogP contribution in [0.3, 0.4) is 0 Å². The summed E-state index contributed by atoms with van der Waals surface area (Å²) >= 11 is 12.8. The average molecular weight is 533 g/mol. The number of nitrogens with zero attached hydrogens (tertiary/aromatic N) is 4. The summed E-state index contributed by atoms with van der Waals surface area (Å²) in [5.41, 5.74) is 2.64. The molecule has 0 aliphatic heterocycles. The van der Waals surface area contributed by atoms with Crippen LogP contribution in [0.2, 0.25) is 10.0 Å². The van der Waals surface area contributed by atoms with Crippen LogP contribution in [0.1, 0.15) is 26.5 Å². The molecule has 11 heteroatoms. The highest BCUT2D eigenvalue weighted by molar-refractivity contribution is 6.38. The fourth-order valence-electron chi connectivity index (χ4n) is 3.56. The third-order valence-electron chi connectivity index (χ3n) is 5.35. The van der Waals surface area contributed by atoms with Crippen LogP contribution in [-0.2, 0) is 6.54 Å². The maximum absolute atomic E-state index is 13.4. The Bertz CT molecular complexity index is 1550. The summed E-state index contributed by atoms with van der Waals surface area (Å²) in [4.78, 5) is 30.4. The topological polar surface area (TPSA) is 115 Å². The van der Waals surface area contributed by atoms with E-state index < -0.39 is 11.8 Å². The smallest absolute Gasteiger partial charge is 0.272 e. The van der Waals surface area contributed by atoms with Gasteiger partial charge in [-0.3, -0.25) is 14.6 Å². The number of nitrogens with one attached hydrogen (secondary N) is 2. The molecule has 0 fully saturated rings. The number of carbonyl (C=O) groups excluding carboxylic acids is 2. The van der Waals surface area contributed by atoms with Gasteiger partial charge in [0.05, 0.1) is 33.5 Å². The zero-order valence-electron chi connectivity index (χ0n) is 19.1. The second kappa shape index (κ2) is 10.7. The van der Waals surface area contributed by atoms with Crippen molar-refractivity contribution < 1.29 is 14.1 Å². The Hall–Kier alpha value is -4.47. The van der Waals surface area contributed by atoms with Gasteiger partial charge >= 0.3 is 0 Å². The van der Waals surface area contributed by atoms with Crippen LogP contribution in [0.4, 0.5) is 5.82 Å². The molecule has 5 aromatic rings. The van der Waals surface area contributed by atoms with E-state index in [0.717, 1.165) is 0 Å². The van der Waals surface area contributed by atoms with Crippen LogP contribution in [0.5, 0.6) is 0 Å². The Morgan fingerprint density at radius 3 is 2.46 bits per heavy atom. The lowest BCUT2D eigenvalue weighted by molar-refractivity contribution is 0.0943. The van der Waals surface area contributed by atoms with Gasteiger partial charge in [0.15, 0.2) is 5.69 Å². The van der Waals surface area contributed by atoms with Crippen LogP contribution in [0.25, 0.3) is 16.9 Å². The van der Waals surface area contributed by atoms with Crippen LogP contribution >= 0.6 is 23.2 Å². The van der Waals surface area contributed by atoms with Crippen LogP contribution in [0.15, 0.2) is 89.8 Å². The quantitative estimate of drug-likeness (QED) is 0.289. The molecule has 184 valence electrons. The Kier molecular flexibility index (Phi) is 6.98. The molecule has 5 rings (SSSR count). The largest absolute Gasteiger partial charge is 0.364 e. The van der Waals surface area contributed by atoms with E-state index in [1.165, 1.54) is 23.1 Å². The molecule has 2 N–H and O–H groups in total. The van der Waals surface area contributed by atoms with E-state index in [2.05, 4.69) is 25.9 Å². The fourth-order valence-corrected chi connectivity index (χ4v) is 4.13. The summed E-state index contributed by atoms with van der Waals surface area (Å²) in [5.74, 6) is -0.686. The standard InChI is InChI=1S/C26H18Cl2N6O3/c27-20-13-21(28)19(12-18(20)22-8-4-5-10-29-22)25(35)31-24-14-23(26(36)30-15-16-9-11-37-33-16)32-34(24)17-6-2-1-3-7-17/h1-14H,15H2,(H,30,36)(H,31,35). The molecule has 3 aromatic heterocycles. The van der Waals surface area contributed by atoms with Gasteiger partial charge in [-0.05, 0) is 36.4 Å². The summed E-state index contributed by atoms with van der Waals surface area (Å²) in [6.45, 7) is 0.159. The highest BCUT2D eigenvalue weighted by Gasteiger charge is 2.21. The number of carbonyl (C=O) groups is 2. The molecular formula is C26H18Cl2N6O3. The summed E-state index contributed by atoms with van der Waals surface area (Å²) < 4.78 is 6.25. The molecule has 0 atom stereocenters. The molecule has 0 bridgehead atoms. The van der Waals surface area contributed by atoms with Gasteiger partial charge in [0.1, 0.15) is 17.8 Å². The number of pyridine rings is 1. The molecule has 0 unspecified atom stereocenters. The lowest BCUT2D eigenvalue weighted by atomic mass is 10.1. The van der Waals surface area contributed by atoms with Gasteiger partial charge in [-0.25, -0.2) is 4.68 Å². The Morgan fingerprint density at radius 1 is 0.919 bits per heavy atom.